The third-order valence-corrected chi connectivity index (χ3v) is 4.60. The van der Waals surface area contributed by atoms with Crippen molar-refractivity contribution >= 4 is 15.9 Å². The van der Waals surface area contributed by atoms with E-state index in [0.717, 1.165) is 28.9 Å². The molecule has 1 aromatic rings. The molecule has 1 unspecified atom stereocenters. The second kappa shape index (κ2) is 5.93. The summed E-state index contributed by atoms with van der Waals surface area (Å²) in [7, 11) is 3.38. The molecule has 0 aliphatic carbocycles. The van der Waals surface area contributed by atoms with E-state index in [0.29, 0.717) is 6.04 Å². The van der Waals surface area contributed by atoms with Crippen molar-refractivity contribution in [1.29, 1.82) is 0 Å². The Hall–Kier alpha value is -0.740. The highest BCUT2D eigenvalue weighted by atomic mass is 79.9. The van der Waals surface area contributed by atoms with Crippen LogP contribution < -0.4 is 14.8 Å². The predicted octanol–water partition coefficient (Wildman–Crippen LogP) is 3.07. The van der Waals surface area contributed by atoms with Gasteiger partial charge in [-0.15, -0.1) is 0 Å². The minimum atomic E-state index is 0.543. The van der Waals surface area contributed by atoms with Gasteiger partial charge in [0.15, 0.2) is 11.5 Å². The summed E-state index contributed by atoms with van der Waals surface area (Å²) in [5, 5.41) is 3.52. The predicted molar refractivity (Wildman–Crippen MR) is 76.7 cm³/mol. The Balaban J connectivity index is 2.38. The molecule has 1 saturated heterocycles. The van der Waals surface area contributed by atoms with Crippen LogP contribution in [0.3, 0.4) is 0 Å². The van der Waals surface area contributed by atoms with Crippen molar-refractivity contribution in [2.75, 3.05) is 20.8 Å². The van der Waals surface area contributed by atoms with Gasteiger partial charge in [0.05, 0.1) is 14.2 Å². The second-order valence-electron chi connectivity index (χ2n) is 4.72. The van der Waals surface area contributed by atoms with Crippen LogP contribution in [0.1, 0.15) is 24.0 Å². The van der Waals surface area contributed by atoms with Crippen LogP contribution in [0.2, 0.25) is 0 Å². The Kier molecular flexibility index (Phi) is 4.51. The first-order valence-electron chi connectivity index (χ1n) is 6.30. The summed E-state index contributed by atoms with van der Waals surface area (Å²) in [6, 6.07) is 2.55. The molecule has 0 amide bonds. The fourth-order valence-corrected chi connectivity index (χ4v) is 3.00. The van der Waals surface area contributed by atoms with Crippen molar-refractivity contribution in [3.8, 4) is 11.5 Å². The SMILES string of the molecule is COc1cc(C)c(Br)c(CC2CCCN2)c1OC. The lowest BCUT2D eigenvalue weighted by Gasteiger charge is -2.19. The Labute approximate surface area is 117 Å². The number of benzene rings is 1. The Morgan fingerprint density at radius 1 is 1.39 bits per heavy atom. The minimum Gasteiger partial charge on any atom is -0.493 e. The minimum absolute atomic E-state index is 0.543. The van der Waals surface area contributed by atoms with Gasteiger partial charge in [-0.2, -0.15) is 0 Å². The van der Waals surface area contributed by atoms with E-state index in [4.69, 9.17) is 9.47 Å². The Morgan fingerprint density at radius 2 is 2.17 bits per heavy atom. The van der Waals surface area contributed by atoms with E-state index in [9.17, 15) is 0 Å². The summed E-state index contributed by atoms with van der Waals surface area (Å²) in [6.07, 6.45) is 3.46. The molecule has 0 bridgehead atoms. The Morgan fingerprint density at radius 3 is 2.72 bits per heavy atom. The van der Waals surface area contributed by atoms with Gasteiger partial charge in [-0.1, -0.05) is 15.9 Å². The molecule has 1 N–H and O–H groups in total. The standard InChI is InChI=1S/C14H20BrNO2/c1-9-7-12(17-2)14(18-3)11(13(9)15)8-10-5-4-6-16-10/h7,10,16H,4-6,8H2,1-3H3. The smallest absolute Gasteiger partial charge is 0.165 e. The number of rotatable bonds is 4. The number of methoxy groups -OCH3 is 2. The molecular formula is C14H20BrNO2. The summed E-state index contributed by atoms with van der Waals surface area (Å²) in [5.74, 6) is 1.66. The monoisotopic (exact) mass is 313 g/mol. The van der Waals surface area contributed by atoms with Gasteiger partial charge in [0.1, 0.15) is 0 Å². The first kappa shape index (κ1) is 13.7. The van der Waals surface area contributed by atoms with Crippen LogP contribution >= 0.6 is 15.9 Å². The van der Waals surface area contributed by atoms with Crippen molar-refractivity contribution in [3.05, 3.63) is 21.7 Å². The van der Waals surface area contributed by atoms with E-state index >= 15 is 0 Å². The molecule has 4 heteroatoms. The zero-order valence-electron chi connectivity index (χ0n) is 11.2. The zero-order chi connectivity index (χ0) is 13.1. The van der Waals surface area contributed by atoms with Crippen LogP contribution in [-0.2, 0) is 6.42 Å². The molecule has 1 aliphatic heterocycles. The molecule has 3 nitrogen and oxygen atoms in total. The van der Waals surface area contributed by atoms with Gasteiger partial charge < -0.3 is 14.8 Å². The highest BCUT2D eigenvalue weighted by Gasteiger charge is 2.21. The number of aryl methyl sites for hydroxylation is 1. The first-order valence-corrected chi connectivity index (χ1v) is 7.10. The average molecular weight is 314 g/mol. The van der Waals surface area contributed by atoms with Crippen molar-refractivity contribution in [3.63, 3.8) is 0 Å². The molecule has 1 aromatic carbocycles. The van der Waals surface area contributed by atoms with Crippen LogP contribution in [0.5, 0.6) is 11.5 Å². The fourth-order valence-electron chi connectivity index (χ4n) is 2.55. The normalized spacial score (nSPS) is 19.0. The van der Waals surface area contributed by atoms with Gasteiger partial charge in [0, 0.05) is 16.1 Å². The van der Waals surface area contributed by atoms with E-state index in [-0.39, 0.29) is 0 Å². The maximum Gasteiger partial charge on any atom is 0.165 e. The Bertz CT molecular complexity index is 428. The first-order chi connectivity index (χ1) is 8.67. The molecule has 0 aromatic heterocycles. The van der Waals surface area contributed by atoms with Crippen molar-refractivity contribution in [2.45, 2.75) is 32.2 Å². The van der Waals surface area contributed by atoms with Crippen LogP contribution in [0.4, 0.5) is 0 Å². The van der Waals surface area contributed by atoms with Gasteiger partial charge in [-0.05, 0) is 44.4 Å². The van der Waals surface area contributed by atoms with Crippen molar-refractivity contribution < 1.29 is 9.47 Å². The van der Waals surface area contributed by atoms with Crippen molar-refractivity contribution in [2.24, 2.45) is 0 Å². The summed E-state index contributed by atoms with van der Waals surface area (Å²) < 4.78 is 12.1. The number of hydrogen-bond acceptors (Lipinski definition) is 3. The highest BCUT2D eigenvalue weighted by molar-refractivity contribution is 9.10. The lowest BCUT2D eigenvalue weighted by atomic mass is 10.0. The number of nitrogens with one attached hydrogen (secondary N) is 1. The van der Waals surface area contributed by atoms with Gasteiger partial charge in [-0.3, -0.25) is 0 Å². The van der Waals surface area contributed by atoms with Crippen LogP contribution in [0, 0.1) is 6.92 Å². The molecule has 2 rings (SSSR count). The molecule has 1 atom stereocenters. The second-order valence-corrected chi connectivity index (χ2v) is 5.51. The fraction of sp³-hybridized carbons (Fsp3) is 0.571. The van der Waals surface area contributed by atoms with E-state index < -0.39 is 0 Å². The summed E-state index contributed by atoms with van der Waals surface area (Å²) in [5.41, 5.74) is 2.38. The highest BCUT2D eigenvalue weighted by Crippen LogP contribution is 2.39. The quantitative estimate of drug-likeness (QED) is 0.926. The van der Waals surface area contributed by atoms with E-state index in [2.05, 4.69) is 28.2 Å². The van der Waals surface area contributed by atoms with Crippen molar-refractivity contribution in [1.82, 2.24) is 5.32 Å². The zero-order valence-corrected chi connectivity index (χ0v) is 12.8. The molecule has 100 valence electrons. The molecular weight excluding hydrogens is 294 g/mol. The molecule has 0 spiro atoms. The van der Waals surface area contributed by atoms with Gasteiger partial charge in [-0.25, -0.2) is 0 Å². The lowest BCUT2D eigenvalue weighted by molar-refractivity contribution is 0.349. The largest absolute Gasteiger partial charge is 0.493 e. The topological polar surface area (TPSA) is 30.5 Å². The summed E-state index contributed by atoms with van der Waals surface area (Å²) >= 11 is 3.68. The third kappa shape index (κ3) is 2.64. The molecule has 1 heterocycles. The molecule has 0 radical (unpaired) electrons. The lowest BCUT2D eigenvalue weighted by Crippen LogP contribution is -2.24. The molecule has 1 aliphatic rings. The number of hydrogen-bond donors (Lipinski definition) is 1. The van der Waals surface area contributed by atoms with Gasteiger partial charge in [0.2, 0.25) is 0 Å². The van der Waals surface area contributed by atoms with Gasteiger partial charge in [0.25, 0.3) is 0 Å². The summed E-state index contributed by atoms with van der Waals surface area (Å²) in [4.78, 5) is 0. The number of halogens is 1. The maximum atomic E-state index is 5.53. The molecule has 1 fully saturated rings. The van der Waals surface area contributed by atoms with E-state index in [1.165, 1.54) is 24.0 Å². The van der Waals surface area contributed by atoms with E-state index in [1.54, 1.807) is 14.2 Å². The molecule has 18 heavy (non-hydrogen) atoms. The average Bonchev–Trinajstić information content (AvgIpc) is 2.87. The third-order valence-electron chi connectivity index (χ3n) is 3.49. The maximum absolute atomic E-state index is 5.53. The van der Waals surface area contributed by atoms with Crippen LogP contribution in [-0.4, -0.2) is 26.8 Å². The van der Waals surface area contributed by atoms with Gasteiger partial charge >= 0.3 is 0 Å². The molecule has 0 saturated carbocycles. The van der Waals surface area contributed by atoms with E-state index in [1.807, 2.05) is 6.07 Å². The number of ether oxygens (including phenoxy) is 2. The van der Waals surface area contributed by atoms with Crippen LogP contribution in [0.25, 0.3) is 0 Å². The summed E-state index contributed by atoms with van der Waals surface area (Å²) in [6.45, 7) is 3.20. The van der Waals surface area contributed by atoms with Crippen LogP contribution in [0.15, 0.2) is 10.5 Å².